The molecule has 0 atom stereocenters. The summed E-state index contributed by atoms with van der Waals surface area (Å²) in [7, 11) is 1.88. The van der Waals surface area contributed by atoms with E-state index in [0.29, 0.717) is 5.92 Å². The molecule has 106 valence electrons. The molecule has 1 heterocycles. The van der Waals surface area contributed by atoms with Crippen LogP contribution in [0.25, 0.3) is 0 Å². The Morgan fingerprint density at radius 1 is 1.32 bits per heavy atom. The number of nitrogens with zero attached hydrogens (tertiary/aromatic N) is 2. The zero-order valence-electron chi connectivity index (χ0n) is 11.4. The number of aromatic nitrogens is 2. The van der Waals surface area contributed by atoms with Crippen LogP contribution in [-0.4, -0.2) is 46.8 Å². The maximum absolute atomic E-state index is 8.69. The SMILES string of the molecule is CNc1cc(NCCSCCCO)nc(C2CC2)n1. The van der Waals surface area contributed by atoms with Crippen molar-refractivity contribution in [1.29, 1.82) is 0 Å². The molecule has 1 saturated carbocycles. The maximum Gasteiger partial charge on any atom is 0.136 e. The van der Waals surface area contributed by atoms with Crippen LogP contribution in [0, 0.1) is 0 Å². The predicted octanol–water partition coefficient (Wildman–Crippen LogP) is 1.92. The quantitative estimate of drug-likeness (QED) is 0.601. The molecule has 2 rings (SSSR count). The highest BCUT2D eigenvalue weighted by Gasteiger charge is 2.27. The van der Waals surface area contributed by atoms with Gasteiger partial charge in [0.25, 0.3) is 0 Å². The smallest absolute Gasteiger partial charge is 0.136 e. The second kappa shape index (κ2) is 7.55. The summed E-state index contributed by atoms with van der Waals surface area (Å²) in [5.74, 6) is 5.35. The van der Waals surface area contributed by atoms with Gasteiger partial charge >= 0.3 is 0 Å². The van der Waals surface area contributed by atoms with Crippen LogP contribution in [0.5, 0.6) is 0 Å². The lowest BCUT2D eigenvalue weighted by atomic mass is 10.3. The summed E-state index contributed by atoms with van der Waals surface area (Å²) in [6, 6.07) is 1.95. The van der Waals surface area contributed by atoms with Gasteiger partial charge in [-0.3, -0.25) is 0 Å². The summed E-state index contributed by atoms with van der Waals surface area (Å²) in [5.41, 5.74) is 0. The topological polar surface area (TPSA) is 70.1 Å². The van der Waals surface area contributed by atoms with E-state index in [0.717, 1.165) is 41.9 Å². The van der Waals surface area contributed by atoms with Crippen LogP contribution in [0.4, 0.5) is 11.6 Å². The van der Waals surface area contributed by atoms with Gasteiger partial charge in [-0.05, 0) is 25.0 Å². The molecule has 5 nitrogen and oxygen atoms in total. The molecule has 0 aromatic carbocycles. The first kappa shape index (κ1) is 14.4. The number of hydrogen-bond donors (Lipinski definition) is 3. The molecule has 0 unspecified atom stereocenters. The average Bonchev–Trinajstić information content (AvgIpc) is 3.27. The highest BCUT2D eigenvalue weighted by atomic mass is 32.2. The first-order valence-electron chi connectivity index (χ1n) is 6.82. The molecule has 1 aliphatic rings. The van der Waals surface area contributed by atoms with E-state index in [9.17, 15) is 0 Å². The van der Waals surface area contributed by atoms with Crippen molar-refractivity contribution in [2.45, 2.75) is 25.2 Å². The van der Waals surface area contributed by atoms with Crippen molar-refractivity contribution in [2.75, 3.05) is 42.3 Å². The highest BCUT2D eigenvalue weighted by Crippen LogP contribution is 2.38. The molecule has 0 saturated heterocycles. The number of anilines is 2. The lowest BCUT2D eigenvalue weighted by Gasteiger charge is -2.09. The van der Waals surface area contributed by atoms with Gasteiger partial charge in [0.15, 0.2) is 0 Å². The van der Waals surface area contributed by atoms with Gasteiger partial charge < -0.3 is 15.7 Å². The van der Waals surface area contributed by atoms with Crippen LogP contribution in [-0.2, 0) is 0 Å². The van der Waals surface area contributed by atoms with E-state index in [-0.39, 0.29) is 6.61 Å². The Hall–Kier alpha value is -1.01. The molecule has 1 fully saturated rings. The van der Waals surface area contributed by atoms with Crippen molar-refractivity contribution in [2.24, 2.45) is 0 Å². The molecule has 0 radical (unpaired) electrons. The molecule has 0 amide bonds. The Morgan fingerprint density at radius 2 is 2.11 bits per heavy atom. The van der Waals surface area contributed by atoms with Crippen molar-refractivity contribution in [1.82, 2.24) is 9.97 Å². The molecule has 0 bridgehead atoms. The molecule has 1 aromatic heterocycles. The van der Waals surface area contributed by atoms with Crippen LogP contribution in [0.2, 0.25) is 0 Å². The Kier molecular flexibility index (Phi) is 5.72. The van der Waals surface area contributed by atoms with Crippen LogP contribution in [0.3, 0.4) is 0 Å². The molecule has 19 heavy (non-hydrogen) atoms. The van der Waals surface area contributed by atoms with E-state index in [1.807, 2.05) is 24.9 Å². The third-order valence-corrected chi connectivity index (χ3v) is 4.01. The summed E-state index contributed by atoms with van der Waals surface area (Å²) in [4.78, 5) is 9.05. The number of aliphatic hydroxyl groups excluding tert-OH is 1. The van der Waals surface area contributed by atoms with Gasteiger partial charge in [-0.25, -0.2) is 9.97 Å². The van der Waals surface area contributed by atoms with E-state index in [1.165, 1.54) is 12.8 Å². The molecule has 0 spiro atoms. The van der Waals surface area contributed by atoms with Crippen molar-refractivity contribution < 1.29 is 5.11 Å². The Labute approximate surface area is 118 Å². The lowest BCUT2D eigenvalue weighted by Crippen LogP contribution is -2.09. The molecule has 1 aromatic rings. The standard InChI is InChI=1S/C13H22N4OS/c1-14-11-9-12(15-5-8-19-7-2-6-18)17-13(16-11)10-3-4-10/h9-10,18H,2-8H2,1H3,(H2,14,15,16,17). The van der Waals surface area contributed by atoms with Crippen LogP contribution < -0.4 is 10.6 Å². The van der Waals surface area contributed by atoms with Gasteiger partial charge in [0.2, 0.25) is 0 Å². The van der Waals surface area contributed by atoms with Gasteiger partial charge in [0.1, 0.15) is 17.5 Å². The van der Waals surface area contributed by atoms with Crippen LogP contribution in [0.15, 0.2) is 6.07 Å². The highest BCUT2D eigenvalue weighted by molar-refractivity contribution is 7.99. The predicted molar refractivity (Wildman–Crippen MR) is 81.1 cm³/mol. The first-order valence-corrected chi connectivity index (χ1v) is 7.98. The van der Waals surface area contributed by atoms with E-state index >= 15 is 0 Å². The third-order valence-electron chi connectivity index (χ3n) is 2.94. The van der Waals surface area contributed by atoms with Crippen molar-refractivity contribution in [3.8, 4) is 0 Å². The summed E-state index contributed by atoms with van der Waals surface area (Å²) < 4.78 is 0. The van der Waals surface area contributed by atoms with Crippen molar-refractivity contribution in [3.63, 3.8) is 0 Å². The number of nitrogens with one attached hydrogen (secondary N) is 2. The monoisotopic (exact) mass is 282 g/mol. The van der Waals surface area contributed by atoms with Crippen molar-refractivity contribution >= 4 is 23.4 Å². The number of rotatable bonds is 9. The molecule has 6 heteroatoms. The number of aliphatic hydroxyl groups is 1. The fourth-order valence-corrected chi connectivity index (χ4v) is 2.51. The molecule has 0 aliphatic heterocycles. The fraction of sp³-hybridized carbons (Fsp3) is 0.692. The van der Waals surface area contributed by atoms with Crippen molar-refractivity contribution in [3.05, 3.63) is 11.9 Å². The molecular weight excluding hydrogens is 260 g/mol. The number of hydrogen-bond acceptors (Lipinski definition) is 6. The summed E-state index contributed by atoms with van der Waals surface area (Å²) in [5, 5.41) is 15.1. The lowest BCUT2D eigenvalue weighted by molar-refractivity contribution is 0.296. The molecular formula is C13H22N4OS. The Morgan fingerprint density at radius 3 is 2.79 bits per heavy atom. The minimum Gasteiger partial charge on any atom is -0.396 e. The second-order valence-electron chi connectivity index (χ2n) is 4.64. The molecule has 1 aliphatic carbocycles. The van der Waals surface area contributed by atoms with Gasteiger partial charge in [-0.2, -0.15) is 11.8 Å². The van der Waals surface area contributed by atoms with Gasteiger partial charge in [0.05, 0.1) is 0 Å². The van der Waals surface area contributed by atoms with Gasteiger partial charge in [-0.15, -0.1) is 0 Å². The minimum absolute atomic E-state index is 0.280. The summed E-state index contributed by atoms with van der Waals surface area (Å²) >= 11 is 1.85. The third kappa shape index (κ3) is 4.87. The van der Waals surface area contributed by atoms with E-state index in [1.54, 1.807) is 0 Å². The molecule has 3 N–H and O–H groups in total. The fourth-order valence-electron chi connectivity index (χ4n) is 1.73. The van der Waals surface area contributed by atoms with E-state index < -0.39 is 0 Å². The number of thioether (sulfide) groups is 1. The zero-order chi connectivity index (χ0) is 13.5. The van der Waals surface area contributed by atoms with E-state index in [4.69, 9.17) is 5.11 Å². The summed E-state index contributed by atoms with van der Waals surface area (Å²) in [6.45, 7) is 1.17. The van der Waals surface area contributed by atoms with Crippen LogP contribution >= 0.6 is 11.8 Å². The largest absolute Gasteiger partial charge is 0.396 e. The second-order valence-corrected chi connectivity index (χ2v) is 5.86. The Bertz CT molecular complexity index is 398. The zero-order valence-corrected chi connectivity index (χ0v) is 12.2. The van der Waals surface area contributed by atoms with E-state index in [2.05, 4.69) is 20.6 Å². The Balaban J connectivity index is 1.80. The maximum atomic E-state index is 8.69. The van der Waals surface area contributed by atoms with Crippen LogP contribution in [0.1, 0.15) is 31.0 Å². The normalized spacial score (nSPS) is 14.4. The van der Waals surface area contributed by atoms with Gasteiger partial charge in [0, 0.05) is 37.9 Å². The summed E-state index contributed by atoms with van der Waals surface area (Å²) in [6.07, 6.45) is 3.29. The first-order chi connectivity index (χ1) is 9.33. The van der Waals surface area contributed by atoms with Gasteiger partial charge in [-0.1, -0.05) is 0 Å². The minimum atomic E-state index is 0.280. The average molecular weight is 282 g/mol.